The van der Waals surface area contributed by atoms with Gasteiger partial charge in [0.15, 0.2) is 5.78 Å². The first-order valence-electron chi connectivity index (χ1n) is 6.82. The lowest BCUT2D eigenvalue weighted by atomic mass is 9.91. The van der Waals surface area contributed by atoms with Crippen molar-refractivity contribution in [3.8, 4) is 0 Å². The van der Waals surface area contributed by atoms with Gasteiger partial charge in [-0.25, -0.2) is 0 Å². The van der Waals surface area contributed by atoms with Crippen LogP contribution in [-0.4, -0.2) is 5.78 Å². The number of Topliss-reactive ketones (excluding diaryl/α,β-unsaturated/α-hetero) is 1. The normalized spacial score (nSPS) is 15.1. The molecule has 0 atom stereocenters. The van der Waals surface area contributed by atoms with Gasteiger partial charge in [-0.3, -0.25) is 4.79 Å². The number of ketones is 1. The van der Waals surface area contributed by atoms with Crippen LogP contribution in [0.25, 0.3) is 0 Å². The Hall–Kier alpha value is -0.630. The number of thiophene rings is 1. The molecule has 1 aliphatic carbocycles. The van der Waals surface area contributed by atoms with Gasteiger partial charge in [-0.15, -0.1) is 11.3 Å². The lowest BCUT2D eigenvalue weighted by Crippen LogP contribution is -2.09. The van der Waals surface area contributed by atoms with Gasteiger partial charge in [-0.2, -0.15) is 0 Å². The molecular formula is C15H22OS. The van der Waals surface area contributed by atoms with Crippen molar-refractivity contribution in [2.75, 3.05) is 0 Å². The molecule has 1 heterocycles. The van der Waals surface area contributed by atoms with E-state index in [9.17, 15) is 4.79 Å². The summed E-state index contributed by atoms with van der Waals surface area (Å²) in [5, 5.41) is 0. The van der Waals surface area contributed by atoms with Crippen molar-refractivity contribution in [2.45, 2.75) is 59.3 Å². The average Bonchev–Trinajstić information content (AvgIpc) is 2.68. The van der Waals surface area contributed by atoms with Crippen molar-refractivity contribution < 1.29 is 4.79 Å². The second kappa shape index (κ2) is 5.34. The summed E-state index contributed by atoms with van der Waals surface area (Å²) in [7, 11) is 0. The number of fused-ring (bicyclic) bond motifs is 1. The predicted octanol–water partition coefficient (Wildman–Crippen LogP) is 4.42. The van der Waals surface area contributed by atoms with Crippen LogP contribution in [0.4, 0.5) is 0 Å². The van der Waals surface area contributed by atoms with Crippen LogP contribution in [0.3, 0.4) is 0 Å². The molecule has 2 rings (SSSR count). The molecule has 2 heteroatoms. The van der Waals surface area contributed by atoms with E-state index in [1.165, 1.54) is 41.7 Å². The maximum atomic E-state index is 12.3. The van der Waals surface area contributed by atoms with Crippen molar-refractivity contribution in [2.24, 2.45) is 5.92 Å². The maximum absolute atomic E-state index is 12.3. The van der Waals surface area contributed by atoms with Gasteiger partial charge in [-0.05, 0) is 43.2 Å². The predicted molar refractivity (Wildman–Crippen MR) is 74.1 cm³/mol. The van der Waals surface area contributed by atoms with Gasteiger partial charge >= 0.3 is 0 Å². The van der Waals surface area contributed by atoms with Crippen molar-refractivity contribution in [1.29, 1.82) is 0 Å². The Bertz CT molecular complexity index is 415. The first-order valence-corrected chi connectivity index (χ1v) is 7.64. The summed E-state index contributed by atoms with van der Waals surface area (Å²) < 4.78 is 0. The second-order valence-corrected chi connectivity index (χ2v) is 6.39. The lowest BCUT2D eigenvalue weighted by Gasteiger charge is -2.12. The highest BCUT2D eigenvalue weighted by Crippen LogP contribution is 2.36. The number of aryl methyl sites for hydroxylation is 1. The summed E-state index contributed by atoms with van der Waals surface area (Å²) in [6.07, 6.45) is 7.22. The van der Waals surface area contributed by atoms with E-state index in [2.05, 4.69) is 6.92 Å². The topological polar surface area (TPSA) is 17.1 Å². The molecule has 0 spiro atoms. The molecule has 0 radical (unpaired) electrons. The smallest absolute Gasteiger partial charge is 0.175 e. The number of carbonyl (C=O) groups excluding carboxylic acids is 1. The molecular weight excluding hydrogens is 228 g/mol. The fourth-order valence-corrected chi connectivity index (χ4v) is 4.13. The highest BCUT2D eigenvalue weighted by Gasteiger charge is 2.24. The highest BCUT2D eigenvalue weighted by atomic mass is 32.1. The SMILES string of the molecule is CCCc1c(C(=O)C(C)C)sc2c1CCCC2. The zero-order valence-corrected chi connectivity index (χ0v) is 12.0. The molecule has 0 aliphatic heterocycles. The Balaban J connectivity index is 2.43. The van der Waals surface area contributed by atoms with Crippen LogP contribution in [0.2, 0.25) is 0 Å². The zero-order chi connectivity index (χ0) is 12.4. The summed E-state index contributed by atoms with van der Waals surface area (Å²) in [6.45, 7) is 6.23. The molecule has 0 fully saturated rings. The molecule has 0 aromatic carbocycles. The van der Waals surface area contributed by atoms with Crippen LogP contribution < -0.4 is 0 Å². The van der Waals surface area contributed by atoms with Crippen LogP contribution in [-0.2, 0) is 19.3 Å². The van der Waals surface area contributed by atoms with Gasteiger partial charge in [0.2, 0.25) is 0 Å². The van der Waals surface area contributed by atoms with Gasteiger partial charge in [0, 0.05) is 10.8 Å². The maximum Gasteiger partial charge on any atom is 0.175 e. The van der Waals surface area contributed by atoms with Crippen molar-refractivity contribution in [1.82, 2.24) is 0 Å². The molecule has 1 aliphatic rings. The lowest BCUT2D eigenvalue weighted by molar-refractivity contribution is 0.0942. The Morgan fingerprint density at radius 2 is 2.00 bits per heavy atom. The molecule has 17 heavy (non-hydrogen) atoms. The molecule has 0 N–H and O–H groups in total. The molecule has 1 aromatic heterocycles. The highest BCUT2D eigenvalue weighted by molar-refractivity contribution is 7.14. The summed E-state index contributed by atoms with van der Waals surface area (Å²) in [5.41, 5.74) is 2.93. The van der Waals surface area contributed by atoms with E-state index < -0.39 is 0 Å². The van der Waals surface area contributed by atoms with Gasteiger partial charge < -0.3 is 0 Å². The second-order valence-electron chi connectivity index (χ2n) is 5.29. The number of rotatable bonds is 4. The first kappa shape index (κ1) is 12.8. The van der Waals surface area contributed by atoms with Gasteiger partial charge in [0.1, 0.15) is 0 Å². The van der Waals surface area contributed by atoms with E-state index in [1.54, 1.807) is 11.3 Å². The van der Waals surface area contributed by atoms with Crippen molar-refractivity contribution in [3.63, 3.8) is 0 Å². The zero-order valence-electron chi connectivity index (χ0n) is 11.1. The number of hydrogen-bond donors (Lipinski definition) is 0. The molecule has 1 aromatic rings. The van der Waals surface area contributed by atoms with Gasteiger partial charge in [0.25, 0.3) is 0 Å². The third-order valence-electron chi connectivity index (χ3n) is 3.53. The minimum absolute atomic E-state index is 0.130. The third kappa shape index (κ3) is 2.47. The molecule has 0 amide bonds. The first-order chi connectivity index (χ1) is 8.15. The molecule has 0 saturated carbocycles. The Labute approximate surface area is 108 Å². The van der Waals surface area contributed by atoms with Crippen LogP contribution >= 0.6 is 11.3 Å². The van der Waals surface area contributed by atoms with Gasteiger partial charge in [0.05, 0.1) is 4.88 Å². The van der Waals surface area contributed by atoms with Crippen LogP contribution in [0.1, 0.15) is 65.7 Å². The fourth-order valence-electron chi connectivity index (χ4n) is 2.61. The number of hydrogen-bond acceptors (Lipinski definition) is 2. The van der Waals surface area contributed by atoms with Crippen molar-refractivity contribution in [3.05, 3.63) is 20.9 Å². The molecule has 1 nitrogen and oxygen atoms in total. The van der Waals surface area contributed by atoms with E-state index >= 15 is 0 Å². The fraction of sp³-hybridized carbons (Fsp3) is 0.667. The third-order valence-corrected chi connectivity index (χ3v) is 4.88. The quantitative estimate of drug-likeness (QED) is 0.723. The van der Waals surface area contributed by atoms with Crippen LogP contribution in [0.5, 0.6) is 0 Å². The van der Waals surface area contributed by atoms with E-state index in [1.807, 2.05) is 13.8 Å². The largest absolute Gasteiger partial charge is 0.293 e. The summed E-state index contributed by atoms with van der Waals surface area (Å²) in [6, 6.07) is 0. The van der Waals surface area contributed by atoms with Gasteiger partial charge in [-0.1, -0.05) is 27.2 Å². The minimum atomic E-state index is 0.130. The Kier molecular flexibility index (Phi) is 4.03. The monoisotopic (exact) mass is 250 g/mol. The summed E-state index contributed by atoms with van der Waals surface area (Å²) >= 11 is 1.79. The number of carbonyl (C=O) groups is 1. The molecule has 0 saturated heterocycles. The average molecular weight is 250 g/mol. The van der Waals surface area contributed by atoms with E-state index in [-0.39, 0.29) is 5.92 Å². The van der Waals surface area contributed by atoms with Crippen molar-refractivity contribution >= 4 is 17.1 Å². The van der Waals surface area contributed by atoms with Crippen LogP contribution in [0, 0.1) is 5.92 Å². The minimum Gasteiger partial charge on any atom is -0.293 e. The standard InChI is InChI=1S/C15H22OS/c1-4-7-12-11-8-5-6-9-13(11)17-15(12)14(16)10(2)3/h10H,4-9H2,1-3H3. The Morgan fingerprint density at radius 1 is 1.29 bits per heavy atom. The van der Waals surface area contributed by atoms with E-state index in [4.69, 9.17) is 0 Å². The summed E-state index contributed by atoms with van der Waals surface area (Å²) in [5.74, 6) is 0.485. The molecule has 0 unspecified atom stereocenters. The van der Waals surface area contributed by atoms with E-state index in [0.717, 1.165) is 17.7 Å². The summed E-state index contributed by atoms with van der Waals surface area (Å²) in [4.78, 5) is 14.8. The van der Waals surface area contributed by atoms with Crippen LogP contribution in [0.15, 0.2) is 0 Å². The Morgan fingerprint density at radius 3 is 2.65 bits per heavy atom. The molecule has 94 valence electrons. The molecule has 0 bridgehead atoms. The van der Waals surface area contributed by atoms with E-state index in [0.29, 0.717) is 5.78 Å².